The summed E-state index contributed by atoms with van der Waals surface area (Å²) in [7, 11) is 0. The summed E-state index contributed by atoms with van der Waals surface area (Å²) in [6, 6.07) is 11.8. The molecular formula is C25H24FN3O4. The van der Waals surface area contributed by atoms with Crippen molar-refractivity contribution in [3.8, 4) is 0 Å². The maximum absolute atomic E-state index is 14.2. The fourth-order valence-electron chi connectivity index (χ4n) is 4.64. The minimum Gasteiger partial charge on any atom is -0.362 e. The van der Waals surface area contributed by atoms with E-state index in [0.29, 0.717) is 35.4 Å². The van der Waals surface area contributed by atoms with E-state index >= 15 is 0 Å². The zero-order chi connectivity index (χ0) is 23.9. The quantitative estimate of drug-likeness (QED) is 0.507. The number of nitrogens with zero attached hydrogens (tertiary/aromatic N) is 1. The van der Waals surface area contributed by atoms with E-state index in [1.165, 1.54) is 36.4 Å². The smallest absolute Gasteiger partial charge is 0.269 e. The van der Waals surface area contributed by atoms with E-state index in [-0.39, 0.29) is 28.1 Å². The molecule has 0 saturated carbocycles. The van der Waals surface area contributed by atoms with Gasteiger partial charge in [0.2, 0.25) is 0 Å². The summed E-state index contributed by atoms with van der Waals surface area (Å²) in [6.07, 6.45) is 0.888. The molecule has 2 aromatic rings. The molecule has 7 nitrogen and oxygen atoms in total. The van der Waals surface area contributed by atoms with Gasteiger partial charge in [0.15, 0.2) is 5.78 Å². The average molecular weight is 449 g/mol. The molecule has 8 heteroatoms. The van der Waals surface area contributed by atoms with Gasteiger partial charge in [0, 0.05) is 47.0 Å². The number of benzene rings is 2. The second-order valence-corrected chi connectivity index (χ2v) is 9.22. The SMILES string of the molecule is CC1=C(C(=O)Nc2ccccc2F)[C@H](c2cccc([N+](=O)[O-])c2)C2=C(CC(C)(C)CC2=O)N1. The third-order valence-corrected chi connectivity index (χ3v) is 6.02. The summed E-state index contributed by atoms with van der Waals surface area (Å²) in [4.78, 5) is 37.6. The molecule has 2 aliphatic rings. The number of hydrogen-bond donors (Lipinski definition) is 2. The lowest BCUT2D eigenvalue weighted by Crippen LogP contribution is -2.39. The summed E-state index contributed by atoms with van der Waals surface area (Å²) in [6.45, 7) is 5.72. The van der Waals surface area contributed by atoms with Crippen LogP contribution in [0.25, 0.3) is 0 Å². The summed E-state index contributed by atoms with van der Waals surface area (Å²) in [5.41, 5.74) is 1.97. The number of ketones is 1. The van der Waals surface area contributed by atoms with Gasteiger partial charge in [0.1, 0.15) is 5.82 Å². The van der Waals surface area contributed by atoms with Crippen molar-refractivity contribution >= 4 is 23.1 Å². The first kappa shape index (κ1) is 22.4. The zero-order valence-corrected chi connectivity index (χ0v) is 18.6. The number of para-hydroxylation sites is 1. The van der Waals surface area contributed by atoms with Crippen molar-refractivity contribution in [3.05, 3.63) is 92.6 Å². The predicted molar refractivity (Wildman–Crippen MR) is 122 cm³/mol. The number of nitrogens with one attached hydrogen (secondary N) is 2. The number of rotatable bonds is 4. The molecule has 1 aliphatic heterocycles. The van der Waals surface area contributed by atoms with Crippen molar-refractivity contribution in [2.45, 2.75) is 39.5 Å². The molecule has 1 amide bonds. The molecule has 4 rings (SSSR count). The highest BCUT2D eigenvalue weighted by atomic mass is 19.1. The molecular weight excluding hydrogens is 425 g/mol. The van der Waals surface area contributed by atoms with Crippen LogP contribution in [0.1, 0.15) is 45.1 Å². The zero-order valence-electron chi connectivity index (χ0n) is 18.6. The van der Waals surface area contributed by atoms with Crippen molar-refractivity contribution in [3.63, 3.8) is 0 Å². The number of nitro groups is 1. The van der Waals surface area contributed by atoms with Gasteiger partial charge in [0.25, 0.3) is 11.6 Å². The molecule has 0 saturated heterocycles. The third kappa shape index (κ3) is 4.28. The molecule has 1 aliphatic carbocycles. The molecule has 2 aromatic carbocycles. The van der Waals surface area contributed by atoms with Gasteiger partial charge in [-0.05, 0) is 36.5 Å². The number of anilines is 1. The largest absolute Gasteiger partial charge is 0.362 e. The first-order valence-corrected chi connectivity index (χ1v) is 10.6. The number of nitro benzene ring substituents is 1. The molecule has 0 spiro atoms. The van der Waals surface area contributed by atoms with Gasteiger partial charge in [-0.15, -0.1) is 0 Å². The Morgan fingerprint density at radius 1 is 1.18 bits per heavy atom. The number of non-ortho nitro benzene ring substituents is 1. The highest BCUT2D eigenvalue weighted by molar-refractivity contribution is 6.10. The molecule has 33 heavy (non-hydrogen) atoms. The van der Waals surface area contributed by atoms with Gasteiger partial charge in [-0.1, -0.05) is 38.1 Å². The second kappa shape index (κ2) is 8.27. The summed E-state index contributed by atoms with van der Waals surface area (Å²) in [5.74, 6) is -2.09. The Labute approximate surface area is 190 Å². The third-order valence-electron chi connectivity index (χ3n) is 6.02. The Kier molecular flexibility index (Phi) is 5.61. The average Bonchev–Trinajstić information content (AvgIpc) is 2.73. The van der Waals surface area contributed by atoms with E-state index in [4.69, 9.17) is 0 Å². The predicted octanol–water partition coefficient (Wildman–Crippen LogP) is 4.98. The standard InChI is InChI=1S/C25H24FN3O4/c1-14-21(24(31)28-18-10-5-4-9-17(18)26)22(15-7-6-8-16(11-15)29(32)33)23-19(27-14)12-25(2,3)13-20(23)30/h4-11,22,27H,12-13H2,1-3H3,(H,28,31)/t22-/m0/s1. The fraction of sp³-hybridized carbons (Fsp3) is 0.280. The summed E-state index contributed by atoms with van der Waals surface area (Å²) < 4.78 is 14.2. The van der Waals surface area contributed by atoms with Gasteiger partial charge >= 0.3 is 0 Å². The monoisotopic (exact) mass is 449 g/mol. The van der Waals surface area contributed by atoms with Crippen LogP contribution in [-0.4, -0.2) is 16.6 Å². The van der Waals surface area contributed by atoms with E-state index in [1.54, 1.807) is 19.1 Å². The molecule has 170 valence electrons. The van der Waals surface area contributed by atoms with Crippen molar-refractivity contribution in [2.75, 3.05) is 5.32 Å². The van der Waals surface area contributed by atoms with Gasteiger partial charge in [-0.3, -0.25) is 19.7 Å². The molecule has 0 fully saturated rings. The van der Waals surface area contributed by atoms with E-state index < -0.39 is 22.6 Å². The number of dihydropyridines is 1. The Hall–Kier alpha value is -3.81. The van der Waals surface area contributed by atoms with Crippen molar-refractivity contribution < 1.29 is 18.9 Å². The normalized spacial score (nSPS) is 19.6. The van der Waals surface area contributed by atoms with Gasteiger partial charge in [0.05, 0.1) is 10.6 Å². The maximum atomic E-state index is 14.2. The van der Waals surface area contributed by atoms with Crippen LogP contribution in [0.15, 0.2) is 71.1 Å². The van der Waals surface area contributed by atoms with Crippen molar-refractivity contribution in [1.82, 2.24) is 5.32 Å². The van der Waals surface area contributed by atoms with E-state index in [2.05, 4.69) is 10.6 Å². The lowest BCUT2D eigenvalue weighted by atomic mass is 9.68. The summed E-state index contributed by atoms with van der Waals surface area (Å²) >= 11 is 0. The van der Waals surface area contributed by atoms with E-state index in [0.717, 1.165) is 0 Å². The van der Waals surface area contributed by atoms with Crippen LogP contribution in [0.2, 0.25) is 0 Å². The van der Waals surface area contributed by atoms with Crippen molar-refractivity contribution in [1.29, 1.82) is 0 Å². The minimum atomic E-state index is -0.809. The van der Waals surface area contributed by atoms with Gasteiger partial charge in [-0.25, -0.2) is 4.39 Å². The van der Waals surface area contributed by atoms with Crippen molar-refractivity contribution in [2.24, 2.45) is 5.41 Å². The Morgan fingerprint density at radius 3 is 2.61 bits per heavy atom. The molecule has 0 unspecified atom stereocenters. The number of Topliss-reactive ketones (excluding diaryl/α,β-unsaturated/α-hetero) is 1. The van der Waals surface area contributed by atoms with Crippen LogP contribution in [0.4, 0.5) is 15.8 Å². The second-order valence-electron chi connectivity index (χ2n) is 9.22. The Morgan fingerprint density at radius 2 is 1.91 bits per heavy atom. The number of amides is 1. The maximum Gasteiger partial charge on any atom is 0.269 e. The van der Waals surface area contributed by atoms with Crippen LogP contribution in [0.5, 0.6) is 0 Å². The van der Waals surface area contributed by atoms with E-state index in [1.807, 2.05) is 13.8 Å². The number of carbonyl (C=O) groups is 2. The highest BCUT2D eigenvalue weighted by Crippen LogP contribution is 2.47. The van der Waals surface area contributed by atoms with Crippen LogP contribution in [-0.2, 0) is 9.59 Å². The van der Waals surface area contributed by atoms with E-state index in [9.17, 15) is 24.1 Å². The molecule has 1 atom stereocenters. The van der Waals surface area contributed by atoms with Crippen LogP contribution in [0.3, 0.4) is 0 Å². The van der Waals surface area contributed by atoms with Gasteiger partial charge in [-0.2, -0.15) is 0 Å². The number of carbonyl (C=O) groups excluding carboxylic acids is 2. The van der Waals surface area contributed by atoms with Crippen LogP contribution >= 0.6 is 0 Å². The number of allylic oxidation sites excluding steroid dienone is 3. The Balaban J connectivity index is 1.85. The molecule has 0 radical (unpaired) electrons. The first-order chi connectivity index (χ1) is 15.6. The summed E-state index contributed by atoms with van der Waals surface area (Å²) in [5, 5.41) is 17.2. The Bertz CT molecular complexity index is 1250. The highest BCUT2D eigenvalue weighted by Gasteiger charge is 2.43. The fourth-order valence-corrected chi connectivity index (χ4v) is 4.64. The molecule has 1 heterocycles. The topological polar surface area (TPSA) is 101 Å². The number of hydrogen-bond acceptors (Lipinski definition) is 5. The van der Waals surface area contributed by atoms with Gasteiger partial charge < -0.3 is 10.6 Å². The molecule has 2 N–H and O–H groups in total. The van der Waals surface area contributed by atoms with Crippen LogP contribution < -0.4 is 10.6 Å². The first-order valence-electron chi connectivity index (χ1n) is 10.6. The lowest BCUT2D eigenvalue weighted by molar-refractivity contribution is -0.384. The van der Waals surface area contributed by atoms with Crippen LogP contribution in [0, 0.1) is 21.3 Å². The number of halogens is 1. The molecule has 0 aromatic heterocycles. The lowest BCUT2D eigenvalue weighted by Gasteiger charge is -2.39. The minimum absolute atomic E-state index is 0.0106. The molecule has 0 bridgehead atoms.